The summed E-state index contributed by atoms with van der Waals surface area (Å²) in [6.07, 6.45) is -0.394. The Kier molecular flexibility index (Phi) is 3.36. The van der Waals surface area contributed by atoms with Gasteiger partial charge in [-0.3, -0.25) is 0 Å². The van der Waals surface area contributed by atoms with Gasteiger partial charge in [0.25, 0.3) is 0 Å². The summed E-state index contributed by atoms with van der Waals surface area (Å²) in [7, 11) is 0. The maximum absolute atomic E-state index is 9.79. The van der Waals surface area contributed by atoms with Crippen LogP contribution in [0, 0.1) is 0 Å². The zero-order valence-electron chi connectivity index (χ0n) is 9.97. The van der Waals surface area contributed by atoms with Crippen molar-refractivity contribution in [2.24, 2.45) is 0 Å². The van der Waals surface area contributed by atoms with E-state index in [4.69, 9.17) is 0 Å². The van der Waals surface area contributed by atoms with Gasteiger partial charge < -0.3 is 15.5 Å². The molecular weight excluding hydrogens is 266 g/mol. The molecule has 1 fully saturated rings. The largest absolute Gasteiger partial charge is 0.508 e. The highest BCUT2D eigenvalue weighted by Crippen LogP contribution is 2.27. The molecule has 0 radical (unpaired) electrons. The van der Waals surface area contributed by atoms with Gasteiger partial charge in [0.2, 0.25) is 5.16 Å². The van der Waals surface area contributed by atoms with Crippen LogP contribution in [0.1, 0.15) is 0 Å². The molecule has 2 aromatic rings. The van der Waals surface area contributed by atoms with Gasteiger partial charge in [-0.1, -0.05) is 11.8 Å². The van der Waals surface area contributed by atoms with E-state index in [1.165, 1.54) is 11.8 Å². The van der Waals surface area contributed by atoms with Crippen molar-refractivity contribution in [1.82, 2.24) is 25.5 Å². The summed E-state index contributed by atoms with van der Waals surface area (Å²) >= 11 is 1.44. The SMILES string of the molecule is Oc1ccc(-n2nnnc2SC2CNCC2O)cc1. The Hall–Kier alpha value is -1.64. The Bertz CT molecular complexity index is 558. The fourth-order valence-corrected chi connectivity index (χ4v) is 2.96. The van der Waals surface area contributed by atoms with E-state index in [0.717, 1.165) is 12.2 Å². The Labute approximate surface area is 113 Å². The molecule has 2 atom stereocenters. The molecule has 1 aromatic carbocycles. The second-order valence-electron chi connectivity index (χ2n) is 4.27. The van der Waals surface area contributed by atoms with Crippen molar-refractivity contribution >= 4 is 11.8 Å². The first-order valence-corrected chi connectivity index (χ1v) is 6.75. The third-order valence-electron chi connectivity index (χ3n) is 2.92. The maximum Gasteiger partial charge on any atom is 0.214 e. The first-order valence-electron chi connectivity index (χ1n) is 5.87. The first-order chi connectivity index (χ1) is 9.24. The molecule has 1 aliphatic heterocycles. The number of aliphatic hydroxyl groups is 1. The number of thioether (sulfide) groups is 1. The lowest BCUT2D eigenvalue weighted by Crippen LogP contribution is -2.20. The molecule has 0 bridgehead atoms. The predicted molar refractivity (Wildman–Crippen MR) is 69.3 cm³/mol. The minimum Gasteiger partial charge on any atom is -0.508 e. The average Bonchev–Trinajstić information content (AvgIpc) is 3.01. The van der Waals surface area contributed by atoms with Crippen LogP contribution in [0.2, 0.25) is 0 Å². The number of rotatable bonds is 3. The zero-order valence-corrected chi connectivity index (χ0v) is 10.8. The third kappa shape index (κ3) is 2.55. The molecule has 0 saturated carbocycles. The molecular formula is C11H13N5O2S. The van der Waals surface area contributed by atoms with Crippen LogP contribution in [0.3, 0.4) is 0 Å². The molecule has 1 aromatic heterocycles. The number of hydrogen-bond acceptors (Lipinski definition) is 7. The van der Waals surface area contributed by atoms with E-state index in [9.17, 15) is 10.2 Å². The monoisotopic (exact) mass is 279 g/mol. The van der Waals surface area contributed by atoms with Crippen molar-refractivity contribution in [3.8, 4) is 11.4 Å². The fraction of sp³-hybridized carbons (Fsp3) is 0.364. The molecule has 0 spiro atoms. The molecule has 7 nitrogen and oxygen atoms in total. The van der Waals surface area contributed by atoms with Crippen LogP contribution >= 0.6 is 11.8 Å². The van der Waals surface area contributed by atoms with Crippen molar-refractivity contribution in [2.75, 3.05) is 13.1 Å². The summed E-state index contributed by atoms with van der Waals surface area (Å²) in [5.41, 5.74) is 0.769. The van der Waals surface area contributed by atoms with Crippen molar-refractivity contribution in [3.63, 3.8) is 0 Å². The van der Waals surface area contributed by atoms with E-state index in [0.29, 0.717) is 11.7 Å². The van der Waals surface area contributed by atoms with Gasteiger partial charge in [-0.15, -0.1) is 5.10 Å². The summed E-state index contributed by atoms with van der Waals surface area (Å²) in [5.74, 6) is 0.196. The van der Waals surface area contributed by atoms with Crippen LogP contribution in [0.25, 0.3) is 5.69 Å². The number of aromatic hydroxyl groups is 1. The lowest BCUT2D eigenvalue weighted by atomic mass is 10.3. The van der Waals surface area contributed by atoms with Crippen LogP contribution in [0.15, 0.2) is 29.4 Å². The van der Waals surface area contributed by atoms with E-state index in [1.54, 1.807) is 28.9 Å². The summed E-state index contributed by atoms with van der Waals surface area (Å²) in [4.78, 5) is 0. The lowest BCUT2D eigenvalue weighted by Gasteiger charge is -2.11. The van der Waals surface area contributed by atoms with Gasteiger partial charge in [0.15, 0.2) is 0 Å². The molecule has 3 rings (SSSR count). The normalized spacial score (nSPS) is 22.8. The van der Waals surface area contributed by atoms with E-state index >= 15 is 0 Å². The molecule has 1 aliphatic rings. The number of β-amino-alcohol motifs (C(OH)–C–C–N with tert-alkyl or cyclic N) is 1. The molecule has 2 unspecified atom stereocenters. The highest BCUT2D eigenvalue weighted by atomic mass is 32.2. The van der Waals surface area contributed by atoms with E-state index in [-0.39, 0.29) is 11.0 Å². The van der Waals surface area contributed by atoms with Gasteiger partial charge in [-0.2, -0.15) is 4.68 Å². The molecule has 3 N–H and O–H groups in total. The van der Waals surface area contributed by atoms with Crippen molar-refractivity contribution in [2.45, 2.75) is 16.5 Å². The average molecular weight is 279 g/mol. The second kappa shape index (κ2) is 5.16. The maximum atomic E-state index is 9.79. The number of nitrogens with one attached hydrogen (secondary N) is 1. The minimum absolute atomic E-state index is 0.0434. The number of aromatic nitrogens is 4. The highest BCUT2D eigenvalue weighted by molar-refractivity contribution is 7.99. The van der Waals surface area contributed by atoms with Crippen molar-refractivity contribution in [1.29, 1.82) is 0 Å². The van der Waals surface area contributed by atoms with Gasteiger partial charge in [0.05, 0.1) is 17.0 Å². The highest BCUT2D eigenvalue weighted by Gasteiger charge is 2.28. The van der Waals surface area contributed by atoms with E-state index in [2.05, 4.69) is 20.8 Å². The van der Waals surface area contributed by atoms with E-state index in [1.807, 2.05) is 0 Å². The molecule has 0 amide bonds. The quantitative estimate of drug-likeness (QED) is 0.715. The Morgan fingerprint density at radius 1 is 1.26 bits per heavy atom. The molecule has 2 heterocycles. The van der Waals surface area contributed by atoms with Crippen LogP contribution in [0.4, 0.5) is 0 Å². The van der Waals surface area contributed by atoms with Gasteiger partial charge in [-0.25, -0.2) is 0 Å². The predicted octanol–water partition coefficient (Wildman–Crippen LogP) is -0.207. The van der Waals surface area contributed by atoms with Gasteiger partial charge in [-0.05, 0) is 34.7 Å². The number of phenols is 1. The van der Waals surface area contributed by atoms with Crippen molar-refractivity contribution < 1.29 is 10.2 Å². The van der Waals surface area contributed by atoms with Gasteiger partial charge in [0.1, 0.15) is 5.75 Å². The Balaban J connectivity index is 1.84. The number of tetrazole rings is 1. The van der Waals surface area contributed by atoms with Crippen LogP contribution in [-0.2, 0) is 0 Å². The summed E-state index contributed by atoms with van der Waals surface area (Å²) in [6, 6.07) is 6.63. The summed E-state index contributed by atoms with van der Waals surface area (Å²) in [5, 5.41) is 34.4. The third-order valence-corrected chi connectivity index (χ3v) is 4.17. The van der Waals surface area contributed by atoms with Crippen LogP contribution < -0.4 is 5.32 Å². The molecule has 8 heteroatoms. The van der Waals surface area contributed by atoms with Crippen LogP contribution in [0.5, 0.6) is 5.75 Å². The van der Waals surface area contributed by atoms with Gasteiger partial charge >= 0.3 is 0 Å². The number of benzene rings is 1. The Morgan fingerprint density at radius 3 is 2.74 bits per heavy atom. The number of nitrogens with zero attached hydrogens (tertiary/aromatic N) is 4. The molecule has 1 saturated heterocycles. The van der Waals surface area contributed by atoms with E-state index < -0.39 is 6.10 Å². The fourth-order valence-electron chi connectivity index (χ4n) is 1.90. The number of aliphatic hydroxyl groups excluding tert-OH is 1. The van der Waals surface area contributed by atoms with Crippen molar-refractivity contribution in [3.05, 3.63) is 24.3 Å². The lowest BCUT2D eigenvalue weighted by molar-refractivity contribution is 0.201. The topological polar surface area (TPSA) is 96.1 Å². The summed E-state index contributed by atoms with van der Waals surface area (Å²) in [6.45, 7) is 1.33. The smallest absolute Gasteiger partial charge is 0.214 e. The molecule has 19 heavy (non-hydrogen) atoms. The minimum atomic E-state index is -0.394. The first kappa shape index (κ1) is 12.4. The standard InChI is InChI=1S/C11H13N5O2S/c17-8-3-1-7(2-4-8)16-11(13-14-15-16)19-10-6-12-5-9(10)18/h1-4,9-10,12,17-18H,5-6H2. The molecule has 0 aliphatic carbocycles. The van der Waals surface area contributed by atoms with Crippen LogP contribution in [-0.4, -0.2) is 54.9 Å². The zero-order chi connectivity index (χ0) is 13.2. The summed E-state index contributed by atoms with van der Waals surface area (Å²) < 4.78 is 1.59. The number of hydrogen-bond donors (Lipinski definition) is 3. The second-order valence-corrected chi connectivity index (χ2v) is 5.48. The molecule has 100 valence electrons. The number of phenolic OH excluding ortho intramolecular Hbond substituents is 1. The van der Waals surface area contributed by atoms with Gasteiger partial charge in [0, 0.05) is 13.1 Å². The Morgan fingerprint density at radius 2 is 2.05 bits per heavy atom.